The Kier molecular flexibility index (Phi) is 35.5. The lowest BCUT2D eigenvalue weighted by Crippen LogP contribution is -2.50. The average molecular weight is 771 g/mol. The van der Waals surface area contributed by atoms with E-state index < -0.39 is 18.1 Å². The van der Waals surface area contributed by atoms with Crippen LogP contribution in [-0.4, -0.2) is 80.6 Å². The third-order valence-corrected chi connectivity index (χ3v) is 9.22. The average Bonchev–Trinajstić information content (AvgIpc) is 3.14. The summed E-state index contributed by atoms with van der Waals surface area (Å²) in [6.07, 6.45) is 46.6. The quantitative estimate of drug-likeness (QED) is 0.0221. The zero-order chi connectivity index (χ0) is 40.7. The monoisotopic (exact) mass is 771 g/mol. The van der Waals surface area contributed by atoms with Gasteiger partial charge in [0.2, 0.25) is 0 Å². The molecule has 0 aromatic rings. The van der Waals surface area contributed by atoms with E-state index in [1.165, 1.54) is 57.8 Å². The minimum atomic E-state index is -0.886. The standard InChI is InChI=1S/C47H79NO7/c1-6-8-10-12-14-16-18-20-22-24-26-28-30-32-34-36-38-46(50)55-43(41-53-40-39-44(47(51)52)48(3,4)5)42-54-45(49)37-35-33-31-29-27-25-23-21-19-17-15-13-11-9-7-2/h9,11,13,15,17,19,21-25,27,43-44H,6-8,10,12,14,16,18,20,26,28-42H2,1-5H3/p+1/b11-9+,15-13+,19-17+,23-21+,24-22+,27-25+. The molecule has 2 unspecified atom stereocenters. The number of carbonyl (C=O) groups excluding carboxylic acids is 2. The molecule has 0 bridgehead atoms. The van der Waals surface area contributed by atoms with Gasteiger partial charge >= 0.3 is 17.9 Å². The first-order valence-electron chi connectivity index (χ1n) is 21.5. The van der Waals surface area contributed by atoms with Crippen LogP contribution in [0.5, 0.6) is 0 Å². The number of likely N-dealkylation sites (N-methyl/N-ethyl adjacent to an activating group) is 1. The van der Waals surface area contributed by atoms with Crippen molar-refractivity contribution in [2.24, 2.45) is 0 Å². The van der Waals surface area contributed by atoms with Gasteiger partial charge < -0.3 is 23.8 Å². The molecule has 2 atom stereocenters. The summed E-state index contributed by atoms with van der Waals surface area (Å²) in [6.45, 7) is 4.52. The van der Waals surface area contributed by atoms with Crippen LogP contribution in [0.25, 0.3) is 0 Å². The van der Waals surface area contributed by atoms with Crippen LogP contribution in [0.2, 0.25) is 0 Å². The number of hydrogen-bond donors (Lipinski definition) is 1. The highest BCUT2D eigenvalue weighted by atomic mass is 16.6. The fourth-order valence-corrected chi connectivity index (χ4v) is 5.87. The van der Waals surface area contributed by atoms with Gasteiger partial charge in [-0.3, -0.25) is 9.59 Å². The molecule has 1 N–H and O–H groups in total. The topological polar surface area (TPSA) is 99.1 Å². The molecule has 8 nitrogen and oxygen atoms in total. The molecule has 0 saturated heterocycles. The summed E-state index contributed by atoms with van der Waals surface area (Å²) in [5, 5.41) is 9.61. The molecule has 0 aromatic heterocycles. The molecule has 0 aromatic carbocycles. The van der Waals surface area contributed by atoms with Gasteiger partial charge in [-0.15, -0.1) is 0 Å². The molecule has 0 amide bonds. The lowest BCUT2D eigenvalue weighted by Gasteiger charge is -2.31. The van der Waals surface area contributed by atoms with Crippen molar-refractivity contribution in [1.29, 1.82) is 0 Å². The van der Waals surface area contributed by atoms with Crippen molar-refractivity contribution in [3.05, 3.63) is 72.9 Å². The van der Waals surface area contributed by atoms with E-state index in [-0.39, 0.29) is 36.2 Å². The van der Waals surface area contributed by atoms with E-state index in [0.29, 0.717) is 19.3 Å². The zero-order valence-electron chi connectivity index (χ0n) is 35.6. The van der Waals surface area contributed by atoms with Gasteiger partial charge in [0.05, 0.1) is 34.4 Å². The Morgan fingerprint density at radius 3 is 1.58 bits per heavy atom. The van der Waals surface area contributed by atoms with Gasteiger partial charge in [-0.05, 0) is 57.8 Å². The third-order valence-electron chi connectivity index (χ3n) is 9.22. The first-order valence-corrected chi connectivity index (χ1v) is 21.5. The van der Waals surface area contributed by atoms with E-state index in [0.717, 1.165) is 64.2 Å². The minimum Gasteiger partial charge on any atom is -0.477 e. The van der Waals surface area contributed by atoms with Crippen LogP contribution in [0.4, 0.5) is 0 Å². The van der Waals surface area contributed by atoms with Crippen LogP contribution in [0, 0.1) is 0 Å². The van der Waals surface area contributed by atoms with Gasteiger partial charge in [0.25, 0.3) is 0 Å². The van der Waals surface area contributed by atoms with Gasteiger partial charge in [0.15, 0.2) is 12.1 Å². The molecule has 314 valence electrons. The van der Waals surface area contributed by atoms with Crippen LogP contribution in [-0.2, 0) is 28.6 Å². The molecule has 0 saturated carbocycles. The number of quaternary nitrogens is 1. The Bertz CT molecular complexity index is 1130. The maximum Gasteiger partial charge on any atom is 0.362 e. The summed E-state index contributed by atoms with van der Waals surface area (Å²) < 4.78 is 17.2. The number of nitrogens with zero attached hydrogens (tertiary/aromatic N) is 1. The fraction of sp³-hybridized carbons (Fsp3) is 0.681. The zero-order valence-corrected chi connectivity index (χ0v) is 35.6. The largest absolute Gasteiger partial charge is 0.477 e. The molecule has 0 fully saturated rings. The Morgan fingerprint density at radius 1 is 0.564 bits per heavy atom. The Morgan fingerprint density at radius 2 is 1.04 bits per heavy atom. The van der Waals surface area contributed by atoms with Gasteiger partial charge in [-0.2, -0.15) is 0 Å². The van der Waals surface area contributed by atoms with Crippen molar-refractivity contribution in [3.8, 4) is 0 Å². The molecule has 0 aliphatic heterocycles. The molecule has 0 heterocycles. The van der Waals surface area contributed by atoms with Crippen LogP contribution < -0.4 is 0 Å². The highest BCUT2D eigenvalue weighted by molar-refractivity contribution is 5.72. The Labute approximate surface area is 336 Å². The molecule has 0 spiro atoms. The van der Waals surface area contributed by atoms with Gasteiger partial charge in [-0.1, -0.05) is 151 Å². The van der Waals surface area contributed by atoms with Crippen LogP contribution in [0.3, 0.4) is 0 Å². The molecule has 0 aliphatic rings. The number of aliphatic carboxylic acids is 1. The van der Waals surface area contributed by atoms with Gasteiger partial charge in [-0.25, -0.2) is 4.79 Å². The minimum absolute atomic E-state index is 0.0402. The molecule has 0 aliphatic carbocycles. The Balaban J connectivity index is 4.46. The smallest absolute Gasteiger partial charge is 0.362 e. The van der Waals surface area contributed by atoms with E-state index >= 15 is 0 Å². The number of allylic oxidation sites excluding steroid dienone is 12. The number of rotatable bonds is 37. The fourth-order valence-electron chi connectivity index (χ4n) is 5.87. The summed E-state index contributed by atoms with van der Waals surface area (Å²) in [7, 11) is 5.50. The van der Waals surface area contributed by atoms with E-state index in [1.54, 1.807) is 0 Å². The highest BCUT2D eigenvalue weighted by Gasteiger charge is 2.31. The van der Waals surface area contributed by atoms with Gasteiger partial charge in [0.1, 0.15) is 6.61 Å². The number of unbranched alkanes of at least 4 members (excludes halogenated alkanes) is 15. The second-order valence-electron chi connectivity index (χ2n) is 15.3. The van der Waals surface area contributed by atoms with Gasteiger partial charge in [0, 0.05) is 19.3 Å². The summed E-state index contributed by atoms with van der Waals surface area (Å²) in [5.74, 6) is -1.54. The van der Waals surface area contributed by atoms with Crippen molar-refractivity contribution in [2.75, 3.05) is 41.0 Å². The molecular formula is C47H80NO7+. The normalized spacial score (nSPS) is 13.7. The molecule has 8 heteroatoms. The summed E-state index contributed by atoms with van der Waals surface area (Å²) >= 11 is 0. The maximum atomic E-state index is 12.7. The Hall–Kier alpha value is -3.23. The van der Waals surface area contributed by atoms with Crippen molar-refractivity contribution in [2.45, 2.75) is 167 Å². The molecule has 55 heavy (non-hydrogen) atoms. The number of hydrogen-bond acceptors (Lipinski definition) is 6. The second kappa shape index (κ2) is 37.7. The number of esters is 2. The second-order valence-corrected chi connectivity index (χ2v) is 15.3. The lowest BCUT2D eigenvalue weighted by atomic mass is 10.1. The number of carboxylic acid groups (broad SMARTS) is 1. The van der Waals surface area contributed by atoms with E-state index in [1.807, 2.05) is 69.8 Å². The number of carboxylic acids is 1. The predicted molar refractivity (Wildman–Crippen MR) is 229 cm³/mol. The molecular weight excluding hydrogens is 691 g/mol. The number of carbonyl (C=O) groups is 3. The first kappa shape index (κ1) is 51.8. The van der Waals surface area contributed by atoms with Crippen molar-refractivity contribution in [1.82, 2.24) is 0 Å². The SMILES string of the molecule is CC/C=C/C=C/C=C/C=C/C=C/CCCCCC(=O)OCC(COCCC(C(=O)O)[N+](C)(C)C)OC(=O)CCCCCCC/C=C/CCCCCCCCC. The van der Waals surface area contributed by atoms with Crippen LogP contribution in [0.1, 0.15) is 155 Å². The summed E-state index contributed by atoms with van der Waals surface area (Å²) in [4.78, 5) is 36.9. The summed E-state index contributed by atoms with van der Waals surface area (Å²) in [6, 6.07) is -0.625. The predicted octanol–water partition coefficient (Wildman–Crippen LogP) is 11.6. The van der Waals surface area contributed by atoms with E-state index in [9.17, 15) is 19.5 Å². The first-order chi connectivity index (χ1) is 26.6. The van der Waals surface area contributed by atoms with E-state index in [2.05, 4.69) is 38.2 Å². The van der Waals surface area contributed by atoms with Crippen LogP contribution >= 0.6 is 0 Å². The maximum absolute atomic E-state index is 12.7. The lowest BCUT2D eigenvalue weighted by molar-refractivity contribution is -0.887. The highest BCUT2D eigenvalue weighted by Crippen LogP contribution is 2.13. The van der Waals surface area contributed by atoms with E-state index in [4.69, 9.17) is 14.2 Å². The number of ether oxygens (including phenoxy) is 3. The third kappa shape index (κ3) is 36.2. The molecule has 0 rings (SSSR count). The van der Waals surface area contributed by atoms with Crippen molar-refractivity contribution < 1.29 is 38.2 Å². The summed E-state index contributed by atoms with van der Waals surface area (Å²) in [5.41, 5.74) is 0. The van der Waals surface area contributed by atoms with Crippen LogP contribution in [0.15, 0.2) is 72.9 Å². The van der Waals surface area contributed by atoms with Crippen molar-refractivity contribution >= 4 is 17.9 Å². The molecule has 0 radical (unpaired) electrons. The van der Waals surface area contributed by atoms with Crippen molar-refractivity contribution in [3.63, 3.8) is 0 Å².